The summed E-state index contributed by atoms with van der Waals surface area (Å²) in [5.74, 6) is 1.27. The van der Waals surface area contributed by atoms with Gasteiger partial charge in [-0.25, -0.2) is 9.97 Å². The molecule has 0 bridgehead atoms. The molecule has 3 rings (SSSR count). The largest absolute Gasteiger partial charge is 0.341 e. The molecule has 1 aliphatic heterocycles. The van der Waals surface area contributed by atoms with Gasteiger partial charge in [-0.05, 0) is 40.2 Å². The Kier molecular flexibility index (Phi) is 4.01. The summed E-state index contributed by atoms with van der Waals surface area (Å²) in [6.45, 7) is 8.77. The summed E-state index contributed by atoms with van der Waals surface area (Å²) in [5, 5.41) is 0. The summed E-state index contributed by atoms with van der Waals surface area (Å²) < 4.78 is 0. The van der Waals surface area contributed by atoms with Crippen molar-refractivity contribution in [2.24, 2.45) is 0 Å². The SMILES string of the molecule is Cc1cnc(-c2nccnc2C2CCCN(C(C)C)C2)[nH]1. The number of nitrogens with one attached hydrogen (secondary N) is 1. The van der Waals surface area contributed by atoms with Crippen molar-refractivity contribution in [2.75, 3.05) is 13.1 Å². The second kappa shape index (κ2) is 5.93. The molecular formula is C16H23N5. The van der Waals surface area contributed by atoms with Gasteiger partial charge in [0.15, 0.2) is 5.82 Å². The molecule has 1 unspecified atom stereocenters. The number of aryl methyl sites for hydroxylation is 1. The molecule has 0 aliphatic carbocycles. The Morgan fingerprint density at radius 3 is 2.76 bits per heavy atom. The molecule has 0 spiro atoms. The van der Waals surface area contributed by atoms with Crippen LogP contribution in [0.2, 0.25) is 0 Å². The van der Waals surface area contributed by atoms with Crippen molar-refractivity contribution in [1.29, 1.82) is 0 Å². The highest BCUT2D eigenvalue weighted by atomic mass is 15.2. The standard InChI is InChI=1S/C16H23N5/c1-11(2)21-8-4-5-13(10-21)14-15(18-7-6-17-14)16-19-9-12(3)20-16/h6-7,9,11,13H,4-5,8,10H2,1-3H3,(H,19,20). The van der Waals surface area contributed by atoms with E-state index in [9.17, 15) is 0 Å². The van der Waals surface area contributed by atoms with Crippen LogP contribution in [-0.4, -0.2) is 44.0 Å². The summed E-state index contributed by atoms with van der Waals surface area (Å²) in [6.07, 6.45) is 7.78. The zero-order valence-electron chi connectivity index (χ0n) is 13.0. The van der Waals surface area contributed by atoms with E-state index >= 15 is 0 Å². The minimum absolute atomic E-state index is 0.440. The van der Waals surface area contributed by atoms with Crippen molar-refractivity contribution < 1.29 is 0 Å². The maximum absolute atomic E-state index is 4.63. The van der Waals surface area contributed by atoms with E-state index in [2.05, 4.69) is 38.7 Å². The van der Waals surface area contributed by atoms with Crippen LogP contribution in [0.5, 0.6) is 0 Å². The summed E-state index contributed by atoms with van der Waals surface area (Å²) in [4.78, 5) is 19.4. The molecule has 1 aliphatic rings. The van der Waals surface area contributed by atoms with Crippen molar-refractivity contribution in [3.05, 3.63) is 30.0 Å². The normalized spacial score (nSPS) is 20.1. The van der Waals surface area contributed by atoms with Gasteiger partial charge in [-0.3, -0.25) is 4.98 Å². The zero-order valence-corrected chi connectivity index (χ0v) is 13.0. The summed E-state index contributed by atoms with van der Waals surface area (Å²) in [7, 11) is 0. The monoisotopic (exact) mass is 285 g/mol. The van der Waals surface area contributed by atoms with Crippen molar-refractivity contribution in [2.45, 2.75) is 45.6 Å². The predicted molar refractivity (Wildman–Crippen MR) is 83.0 cm³/mol. The molecule has 1 atom stereocenters. The van der Waals surface area contributed by atoms with Crippen LogP contribution < -0.4 is 0 Å². The lowest BCUT2D eigenvalue weighted by Gasteiger charge is -2.35. The van der Waals surface area contributed by atoms with Crippen LogP contribution in [0.1, 0.15) is 44.0 Å². The van der Waals surface area contributed by atoms with Crippen molar-refractivity contribution in [3.63, 3.8) is 0 Å². The highest BCUT2D eigenvalue weighted by Crippen LogP contribution is 2.31. The van der Waals surface area contributed by atoms with Gasteiger partial charge in [-0.2, -0.15) is 0 Å². The molecule has 5 nitrogen and oxygen atoms in total. The van der Waals surface area contributed by atoms with Gasteiger partial charge in [0, 0.05) is 42.8 Å². The smallest absolute Gasteiger partial charge is 0.158 e. The van der Waals surface area contributed by atoms with Crippen LogP contribution >= 0.6 is 0 Å². The highest BCUT2D eigenvalue weighted by molar-refractivity contribution is 5.53. The fourth-order valence-electron chi connectivity index (χ4n) is 3.06. The van der Waals surface area contributed by atoms with Crippen LogP contribution in [0.3, 0.4) is 0 Å². The average Bonchev–Trinajstić information content (AvgIpc) is 2.94. The number of aromatic amines is 1. The molecule has 0 aromatic carbocycles. The minimum Gasteiger partial charge on any atom is -0.341 e. The number of hydrogen-bond acceptors (Lipinski definition) is 4. The van der Waals surface area contributed by atoms with Crippen LogP contribution in [0, 0.1) is 6.92 Å². The Bertz CT molecular complexity index is 604. The molecule has 2 aromatic heterocycles. The first kappa shape index (κ1) is 14.2. The molecule has 5 heteroatoms. The van der Waals surface area contributed by atoms with Crippen LogP contribution in [0.4, 0.5) is 0 Å². The van der Waals surface area contributed by atoms with Gasteiger partial charge in [-0.1, -0.05) is 0 Å². The molecule has 3 heterocycles. The first-order valence-electron chi connectivity index (χ1n) is 7.72. The van der Waals surface area contributed by atoms with E-state index in [1.807, 2.05) is 13.1 Å². The molecule has 0 saturated carbocycles. The molecule has 2 aromatic rings. The van der Waals surface area contributed by atoms with Gasteiger partial charge < -0.3 is 9.88 Å². The maximum atomic E-state index is 4.63. The third kappa shape index (κ3) is 2.97. The molecule has 0 amide bonds. The topological polar surface area (TPSA) is 57.7 Å². The molecule has 21 heavy (non-hydrogen) atoms. The van der Waals surface area contributed by atoms with Crippen molar-refractivity contribution in [1.82, 2.24) is 24.8 Å². The van der Waals surface area contributed by atoms with E-state index in [-0.39, 0.29) is 0 Å². The Hall–Kier alpha value is -1.75. The molecule has 1 saturated heterocycles. The number of rotatable bonds is 3. The Morgan fingerprint density at radius 1 is 1.24 bits per heavy atom. The van der Waals surface area contributed by atoms with Gasteiger partial charge >= 0.3 is 0 Å². The molecular weight excluding hydrogens is 262 g/mol. The number of H-pyrrole nitrogens is 1. The zero-order chi connectivity index (χ0) is 14.8. The summed E-state index contributed by atoms with van der Waals surface area (Å²) in [6, 6.07) is 0.582. The van der Waals surface area contributed by atoms with Gasteiger partial charge in [0.05, 0.1) is 5.69 Å². The van der Waals surface area contributed by atoms with E-state index in [1.54, 1.807) is 12.4 Å². The average molecular weight is 285 g/mol. The number of aromatic nitrogens is 4. The lowest BCUT2D eigenvalue weighted by atomic mass is 9.92. The quantitative estimate of drug-likeness (QED) is 0.942. The minimum atomic E-state index is 0.440. The predicted octanol–water partition coefficient (Wildman–Crippen LogP) is 2.76. The first-order chi connectivity index (χ1) is 10.1. The van der Waals surface area contributed by atoms with Crippen LogP contribution in [0.25, 0.3) is 11.5 Å². The Balaban J connectivity index is 1.92. The van der Waals surface area contributed by atoms with Crippen LogP contribution in [-0.2, 0) is 0 Å². The van der Waals surface area contributed by atoms with E-state index in [4.69, 9.17) is 0 Å². The molecule has 112 valence electrons. The number of hydrogen-bond donors (Lipinski definition) is 1. The van der Waals surface area contributed by atoms with E-state index in [1.165, 1.54) is 19.4 Å². The number of nitrogens with zero attached hydrogens (tertiary/aromatic N) is 4. The number of likely N-dealkylation sites (tertiary alicyclic amines) is 1. The van der Waals surface area contributed by atoms with E-state index in [0.717, 1.165) is 29.5 Å². The fraction of sp³-hybridized carbons (Fsp3) is 0.562. The summed E-state index contributed by atoms with van der Waals surface area (Å²) >= 11 is 0. The number of piperidine rings is 1. The number of imidazole rings is 1. The summed E-state index contributed by atoms with van der Waals surface area (Å²) in [5.41, 5.74) is 3.03. The third-order valence-electron chi connectivity index (χ3n) is 4.22. The maximum Gasteiger partial charge on any atom is 0.158 e. The lowest BCUT2D eigenvalue weighted by molar-refractivity contribution is 0.166. The molecule has 1 fully saturated rings. The highest BCUT2D eigenvalue weighted by Gasteiger charge is 2.27. The molecule has 0 radical (unpaired) electrons. The van der Waals surface area contributed by atoms with Crippen molar-refractivity contribution in [3.8, 4) is 11.5 Å². The van der Waals surface area contributed by atoms with E-state index < -0.39 is 0 Å². The molecule has 1 N–H and O–H groups in total. The second-order valence-electron chi connectivity index (χ2n) is 6.13. The first-order valence-corrected chi connectivity index (χ1v) is 7.72. The van der Waals surface area contributed by atoms with Gasteiger partial charge in [0.2, 0.25) is 0 Å². The van der Waals surface area contributed by atoms with Crippen LogP contribution in [0.15, 0.2) is 18.6 Å². The second-order valence-corrected chi connectivity index (χ2v) is 6.13. The Morgan fingerprint density at radius 2 is 2.05 bits per heavy atom. The van der Waals surface area contributed by atoms with E-state index in [0.29, 0.717) is 12.0 Å². The lowest BCUT2D eigenvalue weighted by Crippen LogP contribution is -2.39. The van der Waals surface area contributed by atoms with Gasteiger partial charge in [-0.15, -0.1) is 0 Å². The fourth-order valence-corrected chi connectivity index (χ4v) is 3.06. The van der Waals surface area contributed by atoms with Gasteiger partial charge in [0.1, 0.15) is 5.69 Å². The third-order valence-corrected chi connectivity index (χ3v) is 4.22. The Labute approximate surface area is 125 Å². The van der Waals surface area contributed by atoms with Gasteiger partial charge in [0.25, 0.3) is 0 Å². The van der Waals surface area contributed by atoms with Crippen molar-refractivity contribution >= 4 is 0 Å².